The fourth-order valence-electron chi connectivity index (χ4n) is 3.74. The van der Waals surface area contributed by atoms with Crippen molar-refractivity contribution in [3.05, 3.63) is 60.4 Å². The van der Waals surface area contributed by atoms with Gasteiger partial charge in [-0.2, -0.15) is 0 Å². The summed E-state index contributed by atoms with van der Waals surface area (Å²) in [6, 6.07) is 14.1. The number of fused-ring (bicyclic) bond motifs is 1. The Morgan fingerprint density at radius 3 is 2.68 bits per heavy atom. The maximum atomic E-state index is 13.0. The van der Waals surface area contributed by atoms with E-state index in [0.717, 1.165) is 48.5 Å². The molecule has 0 aliphatic carbocycles. The summed E-state index contributed by atoms with van der Waals surface area (Å²) in [4.78, 5) is 23.2. The lowest BCUT2D eigenvalue weighted by Crippen LogP contribution is -3.18. The average Bonchev–Trinajstić information content (AvgIpc) is 3.12. The van der Waals surface area contributed by atoms with Crippen molar-refractivity contribution in [1.29, 1.82) is 0 Å². The van der Waals surface area contributed by atoms with Gasteiger partial charge in [0.15, 0.2) is 0 Å². The van der Waals surface area contributed by atoms with Crippen molar-refractivity contribution < 1.29 is 14.7 Å². The molecule has 4 rings (SSSR count). The van der Waals surface area contributed by atoms with Crippen molar-refractivity contribution in [3.63, 3.8) is 0 Å². The summed E-state index contributed by atoms with van der Waals surface area (Å²) in [6.07, 6.45) is 3.82. The van der Waals surface area contributed by atoms with E-state index < -0.39 is 0 Å². The van der Waals surface area contributed by atoms with Gasteiger partial charge in [0.25, 0.3) is 5.82 Å². The van der Waals surface area contributed by atoms with E-state index in [0.29, 0.717) is 0 Å². The summed E-state index contributed by atoms with van der Waals surface area (Å²) in [6.45, 7) is 5.92. The molecule has 0 amide bonds. The van der Waals surface area contributed by atoms with Crippen LogP contribution in [0.15, 0.2) is 54.9 Å². The Labute approximate surface area is 147 Å². The van der Waals surface area contributed by atoms with Crippen molar-refractivity contribution in [2.75, 3.05) is 31.1 Å². The molecule has 5 nitrogen and oxygen atoms in total. The van der Waals surface area contributed by atoms with Crippen LogP contribution in [0.3, 0.4) is 0 Å². The Hall–Kier alpha value is -2.66. The van der Waals surface area contributed by atoms with E-state index in [1.165, 1.54) is 4.90 Å². The van der Waals surface area contributed by atoms with Crippen molar-refractivity contribution in [2.45, 2.75) is 13.0 Å². The number of para-hydroxylation sites is 1. The highest BCUT2D eigenvalue weighted by Gasteiger charge is 2.33. The molecule has 2 aromatic heterocycles. The molecular weight excluding hydrogens is 312 g/mol. The molecule has 1 aromatic carbocycles. The molecule has 128 valence electrons. The Kier molecular flexibility index (Phi) is 4.24. The Morgan fingerprint density at radius 2 is 1.92 bits per heavy atom. The molecule has 1 fully saturated rings. The van der Waals surface area contributed by atoms with E-state index in [1.807, 2.05) is 48.8 Å². The minimum absolute atomic E-state index is 0.0268. The van der Waals surface area contributed by atoms with E-state index in [1.54, 1.807) is 0 Å². The lowest BCUT2D eigenvalue weighted by atomic mass is 10.0. The van der Waals surface area contributed by atoms with E-state index in [-0.39, 0.29) is 11.8 Å². The van der Waals surface area contributed by atoms with Crippen molar-refractivity contribution >= 4 is 22.5 Å². The van der Waals surface area contributed by atoms with Crippen LogP contribution in [0.1, 0.15) is 17.3 Å². The van der Waals surface area contributed by atoms with Crippen LogP contribution in [0.2, 0.25) is 0 Å². The number of carbonyl (C=O) groups is 1. The van der Waals surface area contributed by atoms with Gasteiger partial charge < -0.3 is 9.88 Å². The first kappa shape index (κ1) is 15.8. The normalized spacial score (nSPS) is 16.9. The summed E-state index contributed by atoms with van der Waals surface area (Å²) in [5, 5.41) is 1.02. The molecule has 0 unspecified atom stereocenters. The number of anilines is 1. The van der Waals surface area contributed by atoms with Gasteiger partial charge in [0.05, 0.1) is 6.20 Å². The zero-order valence-corrected chi connectivity index (χ0v) is 14.5. The number of nitrogens with zero attached hydrogens (tertiary/aromatic N) is 1. The van der Waals surface area contributed by atoms with Crippen molar-refractivity contribution in [1.82, 2.24) is 4.98 Å². The number of Topliss-reactive ketones (excluding diaryl/α,β-unsaturated/α-hetero) is 1. The highest BCUT2D eigenvalue weighted by Crippen LogP contribution is 2.18. The second-order valence-electron chi connectivity index (χ2n) is 6.73. The molecule has 0 spiro atoms. The van der Waals surface area contributed by atoms with Gasteiger partial charge in [0.1, 0.15) is 32.2 Å². The molecule has 3 N–H and O–H groups in total. The molecule has 1 aliphatic heterocycles. The fourth-order valence-corrected chi connectivity index (χ4v) is 3.74. The number of aromatic nitrogens is 2. The standard InChI is InChI=1S/C20H22N4O/c1-15(20(25)17-14-22-18-7-3-2-6-16(17)18)23-10-12-24(13-11-23)19-8-4-5-9-21-19/h2-9,14-15,22H,10-13H2,1H3/p+2/t15-/m0/s1. The molecule has 25 heavy (non-hydrogen) atoms. The minimum atomic E-state index is -0.0268. The predicted octanol–water partition coefficient (Wildman–Crippen LogP) is 0.958. The minimum Gasteiger partial charge on any atom is -0.360 e. The number of carbonyl (C=O) groups excluding carboxylic acids is 1. The Morgan fingerprint density at radius 1 is 1.16 bits per heavy atom. The monoisotopic (exact) mass is 336 g/mol. The van der Waals surface area contributed by atoms with Gasteiger partial charge in [-0.1, -0.05) is 24.3 Å². The maximum absolute atomic E-state index is 13.0. The predicted molar refractivity (Wildman–Crippen MR) is 98.0 cm³/mol. The molecule has 1 atom stereocenters. The summed E-state index contributed by atoms with van der Waals surface area (Å²) in [5.41, 5.74) is 1.84. The van der Waals surface area contributed by atoms with Crippen LogP contribution in [-0.4, -0.2) is 43.0 Å². The third-order valence-electron chi connectivity index (χ3n) is 5.30. The number of aromatic amines is 2. The second-order valence-corrected chi connectivity index (χ2v) is 6.73. The van der Waals surface area contributed by atoms with Gasteiger partial charge in [-0.25, -0.2) is 4.98 Å². The van der Waals surface area contributed by atoms with Crippen LogP contribution >= 0.6 is 0 Å². The summed E-state index contributed by atoms with van der Waals surface area (Å²) in [7, 11) is 0. The van der Waals surface area contributed by atoms with E-state index in [9.17, 15) is 4.79 Å². The van der Waals surface area contributed by atoms with Crippen LogP contribution in [0.4, 0.5) is 5.82 Å². The van der Waals surface area contributed by atoms with Crippen molar-refractivity contribution in [2.24, 2.45) is 0 Å². The van der Waals surface area contributed by atoms with Crippen LogP contribution in [0.25, 0.3) is 10.9 Å². The van der Waals surface area contributed by atoms with Gasteiger partial charge in [-0.3, -0.25) is 9.69 Å². The number of piperazine rings is 1. The molecule has 1 saturated heterocycles. The fraction of sp³-hybridized carbons (Fsp3) is 0.300. The van der Waals surface area contributed by atoms with Crippen LogP contribution in [-0.2, 0) is 0 Å². The molecule has 5 heteroatoms. The number of pyridine rings is 1. The first-order valence-corrected chi connectivity index (χ1v) is 8.90. The number of quaternary nitrogens is 1. The third kappa shape index (κ3) is 3.03. The number of rotatable bonds is 4. The summed E-state index contributed by atoms with van der Waals surface area (Å²) < 4.78 is 0. The average molecular weight is 336 g/mol. The highest BCUT2D eigenvalue weighted by molar-refractivity contribution is 6.09. The van der Waals surface area contributed by atoms with Gasteiger partial charge in [-0.15, -0.1) is 0 Å². The van der Waals surface area contributed by atoms with E-state index in [2.05, 4.69) is 27.9 Å². The number of nitrogens with one attached hydrogen (secondary N) is 3. The van der Waals surface area contributed by atoms with Gasteiger partial charge in [0.2, 0.25) is 5.78 Å². The Bertz CT molecular complexity index is 866. The van der Waals surface area contributed by atoms with Gasteiger partial charge in [-0.05, 0) is 19.1 Å². The lowest BCUT2D eigenvalue weighted by Gasteiger charge is -2.31. The first-order valence-electron chi connectivity index (χ1n) is 8.90. The highest BCUT2D eigenvalue weighted by atomic mass is 16.1. The van der Waals surface area contributed by atoms with Crippen molar-refractivity contribution in [3.8, 4) is 0 Å². The van der Waals surface area contributed by atoms with Gasteiger partial charge >= 0.3 is 0 Å². The van der Waals surface area contributed by atoms with Gasteiger partial charge in [0, 0.05) is 28.7 Å². The summed E-state index contributed by atoms with van der Waals surface area (Å²) >= 11 is 0. The molecule has 3 heterocycles. The smallest absolute Gasteiger partial charge is 0.274 e. The van der Waals surface area contributed by atoms with Crippen LogP contribution in [0.5, 0.6) is 0 Å². The number of hydrogen-bond acceptors (Lipinski definition) is 2. The number of benzene rings is 1. The van der Waals surface area contributed by atoms with Crippen LogP contribution < -0.4 is 14.8 Å². The molecule has 3 aromatic rings. The maximum Gasteiger partial charge on any atom is 0.274 e. The lowest BCUT2D eigenvalue weighted by molar-refractivity contribution is -0.914. The molecular formula is C20H24N4O+2. The molecule has 0 bridgehead atoms. The first-order chi connectivity index (χ1) is 12.2. The van der Waals surface area contributed by atoms with E-state index >= 15 is 0 Å². The molecule has 0 saturated carbocycles. The zero-order chi connectivity index (χ0) is 17.2. The molecule has 1 aliphatic rings. The van der Waals surface area contributed by atoms with E-state index in [4.69, 9.17) is 0 Å². The topological polar surface area (TPSA) is 54.7 Å². The van der Waals surface area contributed by atoms with Crippen LogP contribution in [0, 0.1) is 0 Å². The SMILES string of the molecule is C[C@@H](C(=O)c1c[nH]c2ccccc12)[NH+]1CCN(c2cccc[nH+]2)CC1. The second kappa shape index (κ2) is 6.69. The largest absolute Gasteiger partial charge is 0.360 e. The number of ketones is 1. The molecule has 0 radical (unpaired) electrons. The number of hydrogen-bond donors (Lipinski definition) is 2. The summed E-state index contributed by atoms with van der Waals surface area (Å²) in [5.74, 6) is 1.38. The quantitative estimate of drug-likeness (QED) is 0.697. The third-order valence-corrected chi connectivity index (χ3v) is 5.30. The Balaban J connectivity index is 1.45. The zero-order valence-electron chi connectivity index (χ0n) is 14.5. The number of H-pyrrole nitrogens is 2.